The van der Waals surface area contributed by atoms with Crippen LogP contribution in [0, 0.1) is 0 Å². The highest BCUT2D eigenvalue weighted by Crippen LogP contribution is 2.21. The van der Waals surface area contributed by atoms with Crippen molar-refractivity contribution >= 4 is 11.7 Å². The molecule has 1 aliphatic heterocycles. The third-order valence-electron chi connectivity index (χ3n) is 3.03. The van der Waals surface area contributed by atoms with Crippen molar-refractivity contribution in [2.24, 2.45) is 0 Å². The van der Waals surface area contributed by atoms with E-state index in [1.807, 2.05) is 0 Å². The molecule has 1 aliphatic carbocycles. The summed E-state index contributed by atoms with van der Waals surface area (Å²) < 4.78 is 0. The van der Waals surface area contributed by atoms with Gasteiger partial charge in [0, 0.05) is 32.0 Å². The molecule has 0 spiro atoms. The van der Waals surface area contributed by atoms with E-state index in [0.29, 0.717) is 31.2 Å². The zero-order valence-electron chi connectivity index (χ0n) is 8.29. The molecule has 1 saturated carbocycles. The van der Waals surface area contributed by atoms with Crippen LogP contribution in [0.4, 0.5) is 0 Å². The Morgan fingerprint density at radius 1 is 1.36 bits per heavy atom. The van der Waals surface area contributed by atoms with Gasteiger partial charge in [-0.05, 0) is 12.8 Å². The van der Waals surface area contributed by atoms with Crippen LogP contribution in [0.15, 0.2) is 0 Å². The number of rotatable bonds is 1. The van der Waals surface area contributed by atoms with Gasteiger partial charge in [0.15, 0.2) is 0 Å². The van der Waals surface area contributed by atoms with Crippen molar-refractivity contribution in [3.8, 4) is 0 Å². The fourth-order valence-electron chi connectivity index (χ4n) is 2.25. The van der Waals surface area contributed by atoms with Crippen LogP contribution in [0.25, 0.3) is 0 Å². The van der Waals surface area contributed by atoms with Crippen molar-refractivity contribution in [2.75, 3.05) is 19.6 Å². The van der Waals surface area contributed by atoms with Crippen LogP contribution in [0.3, 0.4) is 0 Å². The van der Waals surface area contributed by atoms with Crippen LogP contribution in [0.2, 0.25) is 0 Å². The van der Waals surface area contributed by atoms with Gasteiger partial charge < -0.3 is 5.32 Å². The molecule has 4 heteroatoms. The molecule has 0 aromatic heterocycles. The van der Waals surface area contributed by atoms with Crippen molar-refractivity contribution in [1.29, 1.82) is 0 Å². The minimum Gasteiger partial charge on any atom is -0.355 e. The van der Waals surface area contributed by atoms with Crippen LogP contribution in [-0.4, -0.2) is 42.3 Å². The number of nitrogens with one attached hydrogen (secondary N) is 1. The Hall–Kier alpha value is -0.900. The second-order valence-corrected chi connectivity index (χ2v) is 4.11. The number of amides is 1. The van der Waals surface area contributed by atoms with E-state index in [0.717, 1.165) is 25.9 Å². The molecular formula is C10H16N2O2. The zero-order valence-corrected chi connectivity index (χ0v) is 8.29. The Kier molecular flexibility index (Phi) is 2.82. The normalized spacial score (nSPS) is 30.1. The number of carbonyl (C=O) groups excluding carboxylic acids is 2. The molecule has 78 valence electrons. The molecule has 1 unspecified atom stereocenters. The second kappa shape index (κ2) is 4.09. The number of carbonyl (C=O) groups is 2. The molecule has 2 fully saturated rings. The monoisotopic (exact) mass is 196 g/mol. The molecule has 0 bridgehead atoms. The molecule has 1 N–H and O–H groups in total. The Morgan fingerprint density at radius 2 is 2.21 bits per heavy atom. The van der Waals surface area contributed by atoms with E-state index in [1.54, 1.807) is 0 Å². The van der Waals surface area contributed by atoms with Crippen molar-refractivity contribution in [2.45, 2.75) is 31.7 Å². The lowest BCUT2D eigenvalue weighted by molar-refractivity contribution is -0.122. The summed E-state index contributed by atoms with van der Waals surface area (Å²) in [5, 5.41) is 2.84. The van der Waals surface area contributed by atoms with Gasteiger partial charge in [-0.15, -0.1) is 0 Å². The molecule has 0 aromatic rings. The fourth-order valence-corrected chi connectivity index (χ4v) is 2.25. The first kappa shape index (κ1) is 9.65. The predicted molar refractivity (Wildman–Crippen MR) is 51.8 cm³/mol. The molecule has 4 nitrogen and oxygen atoms in total. The molecule has 0 aromatic carbocycles. The summed E-state index contributed by atoms with van der Waals surface area (Å²) in [6.07, 6.45) is 3.28. The number of nitrogens with zero attached hydrogens (tertiary/aromatic N) is 1. The van der Waals surface area contributed by atoms with E-state index < -0.39 is 0 Å². The molecule has 2 aliphatic rings. The highest BCUT2D eigenvalue weighted by Gasteiger charge is 2.29. The Morgan fingerprint density at radius 3 is 2.93 bits per heavy atom. The minimum absolute atomic E-state index is 0.0989. The van der Waals surface area contributed by atoms with Gasteiger partial charge in [0.25, 0.3) is 0 Å². The van der Waals surface area contributed by atoms with Crippen LogP contribution in [0.5, 0.6) is 0 Å². The third kappa shape index (κ3) is 2.12. The van der Waals surface area contributed by atoms with Gasteiger partial charge in [-0.3, -0.25) is 14.5 Å². The van der Waals surface area contributed by atoms with Gasteiger partial charge in [0.2, 0.25) is 5.91 Å². The molecular weight excluding hydrogens is 180 g/mol. The highest BCUT2D eigenvalue weighted by atomic mass is 16.2. The summed E-state index contributed by atoms with van der Waals surface area (Å²) in [6.45, 7) is 2.19. The van der Waals surface area contributed by atoms with Crippen molar-refractivity contribution < 1.29 is 9.59 Å². The molecule has 14 heavy (non-hydrogen) atoms. The Labute approximate surface area is 83.6 Å². The maximum atomic E-state index is 11.3. The van der Waals surface area contributed by atoms with Crippen molar-refractivity contribution in [1.82, 2.24) is 10.2 Å². The van der Waals surface area contributed by atoms with Crippen LogP contribution >= 0.6 is 0 Å². The SMILES string of the molecule is O=C1CCC(N2CCCNC(=O)C2)C1. The maximum absolute atomic E-state index is 11.3. The van der Waals surface area contributed by atoms with Gasteiger partial charge in [0.05, 0.1) is 6.54 Å². The quantitative estimate of drug-likeness (QED) is 0.638. The van der Waals surface area contributed by atoms with Gasteiger partial charge in [-0.2, -0.15) is 0 Å². The summed E-state index contributed by atoms with van der Waals surface area (Å²) in [7, 11) is 0. The predicted octanol–water partition coefficient (Wildman–Crippen LogP) is -0.0701. The lowest BCUT2D eigenvalue weighted by Crippen LogP contribution is -2.39. The lowest BCUT2D eigenvalue weighted by Gasteiger charge is -2.24. The average molecular weight is 196 g/mol. The summed E-state index contributed by atoms with van der Waals surface area (Å²) in [5.41, 5.74) is 0. The largest absolute Gasteiger partial charge is 0.355 e. The third-order valence-corrected chi connectivity index (χ3v) is 3.03. The highest BCUT2D eigenvalue weighted by molar-refractivity contribution is 5.82. The number of hydrogen-bond acceptors (Lipinski definition) is 3. The molecule has 0 radical (unpaired) electrons. The Bertz CT molecular complexity index is 253. The van der Waals surface area contributed by atoms with Gasteiger partial charge in [0.1, 0.15) is 5.78 Å². The van der Waals surface area contributed by atoms with Crippen LogP contribution in [-0.2, 0) is 9.59 Å². The fraction of sp³-hybridized carbons (Fsp3) is 0.800. The zero-order chi connectivity index (χ0) is 9.97. The van der Waals surface area contributed by atoms with Crippen molar-refractivity contribution in [3.05, 3.63) is 0 Å². The molecule has 2 rings (SSSR count). The maximum Gasteiger partial charge on any atom is 0.234 e. The molecule has 1 saturated heterocycles. The van der Waals surface area contributed by atoms with E-state index in [2.05, 4.69) is 10.2 Å². The summed E-state index contributed by atoms with van der Waals surface area (Å²) in [4.78, 5) is 24.6. The number of Topliss-reactive ketones (excluding diaryl/α,β-unsaturated/α-hetero) is 1. The van der Waals surface area contributed by atoms with E-state index in [1.165, 1.54) is 0 Å². The first-order valence-corrected chi connectivity index (χ1v) is 5.28. The molecule has 1 amide bonds. The standard InChI is InChI=1S/C10H16N2O2/c13-9-3-2-8(6-9)12-5-1-4-11-10(14)7-12/h8H,1-7H2,(H,11,14). The second-order valence-electron chi connectivity index (χ2n) is 4.11. The van der Waals surface area contributed by atoms with E-state index in [9.17, 15) is 9.59 Å². The first-order chi connectivity index (χ1) is 6.75. The van der Waals surface area contributed by atoms with Crippen molar-refractivity contribution in [3.63, 3.8) is 0 Å². The van der Waals surface area contributed by atoms with Crippen LogP contribution in [0.1, 0.15) is 25.7 Å². The summed E-state index contributed by atoms with van der Waals surface area (Å²) >= 11 is 0. The number of hydrogen-bond donors (Lipinski definition) is 1. The van der Waals surface area contributed by atoms with E-state index in [4.69, 9.17) is 0 Å². The smallest absolute Gasteiger partial charge is 0.234 e. The topological polar surface area (TPSA) is 49.4 Å². The van der Waals surface area contributed by atoms with Gasteiger partial charge in [-0.25, -0.2) is 0 Å². The van der Waals surface area contributed by atoms with Gasteiger partial charge in [-0.1, -0.05) is 0 Å². The lowest BCUT2D eigenvalue weighted by atomic mass is 10.2. The first-order valence-electron chi connectivity index (χ1n) is 5.28. The summed E-state index contributed by atoms with van der Waals surface area (Å²) in [6, 6.07) is 0.325. The Balaban J connectivity index is 1.95. The van der Waals surface area contributed by atoms with E-state index in [-0.39, 0.29) is 5.91 Å². The van der Waals surface area contributed by atoms with Gasteiger partial charge >= 0.3 is 0 Å². The molecule has 1 atom stereocenters. The summed E-state index contributed by atoms with van der Waals surface area (Å²) in [5.74, 6) is 0.446. The number of ketones is 1. The molecule has 1 heterocycles. The van der Waals surface area contributed by atoms with Crippen LogP contribution < -0.4 is 5.32 Å². The van der Waals surface area contributed by atoms with E-state index >= 15 is 0 Å². The minimum atomic E-state index is 0.0989. The average Bonchev–Trinajstić information content (AvgIpc) is 2.45.